The molecule has 0 radical (unpaired) electrons. The van der Waals surface area contributed by atoms with Crippen LogP contribution in [0.15, 0.2) is 23.1 Å². The van der Waals surface area contributed by atoms with Crippen LogP contribution in [0, 0.1) is 0 Å². The van der Waals surface area contributed by atoms with Gasteiger partial charge >= 0.3 is 0 Å². The van der Waals surface area contributed by atoms with Crippen molar-refractivity contribution in [3.63, 3.8) is 0 Å². The van der Waals surface area contributed by atoms with Gasteiger partial charge in [-0.25, -0.2) is 0 Å². The van der Waals surface area contributed by atoms with E-state index < -0.39 is 0 Å². The number of hydrogen-bond donors (Lipinski definition) is 2. The average molecular weight is 293 g/mol. The second-order valence-electron chi connectivity index (χ2n) is 5.41. The first kappa shape index (κ1) is 15.6. The Hall–Kier alpha value is -1.82. The number of amides is 1. The summed E-state index contributed by atoms with van der Waals surface area (Å²) >= 11 is 0. The van der Waals surface area contributed by atoms with Crippen molar-refractivity contribution in [3.05, 3.63) is 28.7 Å². The minimum Gasteiger partial charge on any atom is -0.398 e. The van der Waals surface area contributed by atoms with Crippen LogP contribution in [0.25, 0.3) is 0 Å². The van der Waals surface area contributed by atoms with E-state index in [1.807, 2.05) is 0 Å². The number of nitrogens with zero attached hydrogens (tertiary/aromatic N) is 1. The molecule has 21 heavy (non-hydrogen) atoms. The maximum atomic E-state index is 11.8. The van der Waals surface area contributed by atoms with E-state index in [4.69, 9.17) is 10.5 Å². The highest BCUT2D eigenvalue weighted by Crippen LogP contribution is 2.19. The largest absolute Gasteiger partial charge is 0.398 e. The maximum absolute atomic E-state index is 11.8. The van der Waals surface area contributed by atoms with Crippen LogP contribution in [0.4, 0.5) is 5.69 Å². The molecular formula is C15H23N3O3. The Morgan fingerprint density at radius 1 is 1.33 bits per heavy atom. The van der Waals surface area contributed by atoms with Gasteiger partial charge in [0.25, 0.3) is 5.56 Å². The Morgan fingerprint density at radius 3 is 2.86 bits per heavy atom. The molecule has 6 heteroatoms. The molecule has 0 aromatic carbocycles. The zero-order chi connectivity index (χ0) is 15.1. The van der Waals surface area contributed by atoms with Crippen molar-refractivity contribution in [3.8, 4) is 0 Å². The van der Waals surface area contributed by atoms with Gasteiger partial charge in [0.2, 0.25) is 5.91 Å². The number of rotatable bonds is 6. The van der Waals surface area contributed by atoms with Crippen LogP contribution < -0.4 is 16.6 Å². The van der Waals surface area contributed by atoms with Crippen molar-refractivity contribution in [1.29, 1.82) is 0 Å². The van der Waals surface area contributed by atoms with E-state index in [0.717, 1.165) is 12.8 Å². The van der Waals surface area contributed by atoms with E-state index in [-0.39, 0.29) is 18.0 Å². The summed E-state index contributed by atoms with van der Waals surface area (Å²) in [5, 5.41) is 2.75. The monoisotopic (exact) mass is 293 g/mol. The fourth-order valence-corrected chi connectivity index (χ4v) is 2.53. The number of nitrogen functional groups attached to an aromatic ring is 1. The van der Waals surface area contributed by atoms with Gasteiger partial charge in [0.15, 0.2) is 0 Å². The third-order valence-corrected chi connectivity index (χ3v) is 3.65. The van der Waals surface area contributed by atoms with E-state index in [1.165, 1.54) is 42.2 Å². The standard InChI is InChI=1S/C15H23N3O3/c16-12-6-7-15(20)18(10-12)11-14(19)17-8-9-21-13-4-2-1-3-5-13/h6-7,10,13H,1-5,8-9,11,16H2,(H,17,19). The molecule has 2 rings (SSSR count). The van der Waals surface area contributed by atoms with Gasteiger partial charge in [0, 0.05) is 24.5 Å². The Bertz CT molecular complexity index is 521. The average Bonchev–Trinajstić information content (AvgIpc) is 2.48. The van der Waals surface area contributed by atoms with Gasteiger partial charge in [-0.05, 0) is 18.9 Å². The Morgan fingerprint density at radius 2 is 2.10 bits per heavy atom. The molecule has 0 bridgehead atoms. The van der Waals surface area contributed by atoms with Crippen molar-refractivity contribution >= 4 is 11.6 Å². The van der Waals surface area contributed by atoms with Gasteiger partial charge in [-0.1, -0.05) is 19.3 Å². The highest BCUT2D eigenvalue weighted by molar-refractivity contribution is 5.75. The Labute approximate surface area is 124 Å². The number of pyridine rings is 1. The molecule has 1 aliphatic carbocycles. The molecular weight excluding hydrogens is 270 g/mol. The van der Waals surface area contributed by atoms with Crippen molar-refractivity contribution in [2.24, 2.45) is 0 Å². The highest BCUT2D eigenvalue weighted by Gasteiger charge is 2.13. The van der Waals surface area contributed by atoms with Crippen LogP contribution in [0.2, 0.25) is 0 Å². The predicted octanol–water partition coefficient (Wildman–Crippen LogP) is 0.896. The van der Waals surface area contributed by atoms with E-state index in [0.29, 0.717) is 24.9 Å². The van der Waals surface area contributed by atoms with Crippen molar-refractivity contribution < 1.29 is 9.53 Å². The molecule has 6 nitrogen and oxygen atoms in total. The lowest BCUT2D eigenvalue weighted by Gasteiger charge is -2.22. The number of nitrogens with two attached hydrogens (primary N) is 1. The second kappa shape index (κ2) is 7.83. The second-order valence-corrected chi connectivity index (χ2v) is 5.41. The topological polar surface area (TPSA) is 86.4 Å². The van der Waals surface area contributed by atoms with Crippen LogP contribution in [-0.4, -0.2) is 29.7 Å². The summed E-state index contributed by atoms with van der Waals surface area (Å²) in [5.74, 6) is -0.213. The quantitative estimate of drug-likeness (QED) is 0.763. The third-order valence-electron chi connectivity index (χ3n) is 3.65. The molecule has 1 saturated carbocycles. The number of carbonyl (C=O) groups is 1. The molecule has 1 amide bonds. The summed E-state index contributed by atoms with van der Waals surface area (Å²) in [7, 11) is 0. The predicted molar refractivity (Wildman–Crippen MR) is 80.9 cm³/mol. The van der Waals surface area contributed by atoms with Gasteiger partial charge < -0.3 is 20.4 Å². The summed E-state index contributed by atoms with van der Waals surface area (Å²) in [5.41, 5.74) is 5.82. The lowest BCUT2D eigenvalue weighted by molar-refractivity contribution is -0.122. The molecule has 0 atom stereocenters. The van der Waals surface area contributed by atoms with Gasteiger partial charge in [-0.15, -0.1) is 0 Å². The van der Waals surface area contributed by atoms with Crippen molar-refractivity contribution in [2.45, 2.75) is 44.8 Å². The van der Waals surface area contributed by atoms with Crippen molar-refractivity contribution in [2.75, 3.05) is 18.9 Å². The van der Waals surface area contributed by atoms with Crippen LogP contribution in [0.5, 0.6) is 0 Å². The molecule has 1 heterocycles. The zero-order valence-corrected chi connectivity index (χ0v) is 12.2. The van der Waals surface area contributed by atoms with Crippen LogP contribution in [0.3, 0.4) is 0 Å². The SMILES string of the molecule is Nc1ccc(=O)n(CC(=O)NCCOC2CCCCC2)c1. The maximum Gasteiger partial charge on any atom is 0.251 e. The normalized spacial score (nSPS) is 15.8. The molecule has 1 aliphatic rings. The van der Waals surface area contributed by atoms with Gasteiger partial charge in [0.05, 0.1) is 12.7 Å². The highest BCUT2D eigenvalue weighted by atomic mass is 16.5. The molecule has 116 valence electrons. The summed E-state index contributed by atoms with van der Waals surface area (Å²) in [6, 6.07) is 2.88. The summed E-state index contributed by atoms with van der Waals surface area (Å²) < 4.78 is 7.02. The fourth-order valence-electron chi connectivity index (χ4n) is 2.53. The summed E-state index contributed by atoms with van der Waals surface area (Å²) in [6.45, 7) is 0.960. The van der Waals surface area contributed by atoms with Crippen LogP contribution >= 0.6 is 0 Å². The first-order chi connectivity index (χ1) is 10.1. The van der Waals surface area contributed by atoms with E-state index in [1.54, 1.807) is 0 Å². The first-order valence-corrected chi connectivity index (χ1v) is 7.49. The third kappa shape index (κ3) is 5.23. The fraction of sp³-hybridized carbons (Fsp3) is 0.600. The molecule has 3 N–H and O–H groups in total. The summed E-state index contributed by atoms with van der Waals surface area (Å²) in [4.78, 5) is 23.3. The lowest BCUT2D eigenvalue weighted by atomic mass is 9.98. The molecule has 0 saturated heterocycles. The van der Waals surface area contributed by atoms with Gasteiger partial charge in [0.1, 0.15) is 6.54 Å². The van der Waals surface area contributed by atoms with Crippen LogP contribution in [0.1, 0.15) is 32.1 Å². The molecule has 0 spiro atoms. The zero-order valence-electron chi connectivity index (χ0n) is 12.2. The smallest absolute Gasteiger partial charge is 0.251 e. The van der Waals surface area contributed by atoms with Gasteiger partial charge in [-0.3, -0.25) is 9.59 Å². The van der Waals surface area contributed by atoms with E-state index in [9.17, 15) is 9.59 Å². The Balaban J connectivity index is 1.67. The first-order valence-electron chi connectivity index (χ1n) is 7.49. The molecule has 0 aliphatic heterocycles. The summed E-state index contributed by atoms with van der Waals surface area (Å²) in [6.07, 6.45) is 7.81. The number of anilines is 1. The van der Waals surface area contributed by atoms with E-state index >= 15 is 0 Å². The number of carbonyl (C=O) groups excluding carboxylic acids is 1. The van der Waals surface area contributed by atoms with Crippen LogP contribution in [-0.2, 0) is 16.1 Å². The van der Waals surface area contributed by atoms with E-state index in [2.05, 4.69) is 5.32 Å². The Kier molecular flexibility index (Phi) is 5.80. The molecule has 1 fully saturated rings. The van der Waals surface area contributed by atoms with Crippen molar-refractivity contribution in [1.82, 2.24) is 9.88 Å². The number of aromatic nitrogens is 1. The number of ether oxygens (including phenoxy) is 1. The lowest BCUT2D eigenvalue weighted by Crippen LogP contribution is -2.34. The number of hydrogen-bond acceptors (Lipinski definition) is 4. The van der Waals surface area contributed by atoms with Gasteiger partial charge in [-0.2, -0.15) is 0 Å². The molecule has 0 unspecified atom stereocenters. The minimum absolute atomic E-state index is 0.0205. The molecule has 1 aromatic rings. The minimum atomic E-state index is -0.238. The number of nitrogens with one attached hydrogen (secondary N) is 1. The molecule has 1 aromatic heterocycles.